The summed E-state index contributed by atoms with van der Waals surface area (Å²) in [6.07, 6.45) is -1.70. The zero-order valence-corrected chi connectivity index (χ0v) is 13.8. The Labute approximate surface area is 117 Å². The first-order valence-corrected chi connectivity index (χ1v) is 9.68. The minimum Gasteiger partial charge on any atom is -0.409 e. The van der Waals surface area contributed by atoms with E-state index in [1.54, 1.807) is 7.11 Å². The van der Waals surface area contributed by atoms with Gasteiger partial charge in [-0.1, -0.05) is 20.8 Å². The van der Waals surface area contributed by atoms with Crippen LogP contribution in [-0.4, -0.2) is 56.8 Å². The minimum atomic E-state index is -1.95. The number of rotatable bonds is 4. The molecule has 0 spiro atoms. The predicted octanol–water partition coefficient (Wildman–Crippen LogP) is 1.49. The summed E-state index contributed by atoms with van der Waals surface area (Å²) in [7, 11) is -0.391. The molecule has 4 atom stereocenters. The Morgan fingerprint density at radius 1 is 1.32 bits per heavy atom. The van der Waals surface area contributed by atoms with Gasteiger partial charge in [0.15, 0.2) is 14.6 Å². The van der Waals surface area contributed by atoms with Gasteiger partial charge in [-0.15, -0.1) is 0 Å². The van der Waals surface area contributed by atoms with Gasteiger partial charge in [0.2, 0.25) is 0 Å². The van der Waals surface area contributed by atoms with Gasteiger partial charge in [0, 0.05) is 13.5 Å². The van der Waals surface area contributed by atoms with Crippen molar-refractivity contribution in [2.45, 2.75) is 69.9 Å². The maximum atomic E-state index is 9.95. The summed E-state index contributed by atoms with van der Waals surface area (Å²) in [6, 6.07) is 0. The van der Waals surface area contributed by atoms with Crippen LogP contribution in [0.15, 0.2) is 0 Å². The van der Waals surface area contributed by atoms with E-state index in [-0.39, 0.29) is 17.7 Å². The third-order valence-corrected chi connectivity index (χ3v) is 8.68. The molecule has 19 heavy (non-hydrogen) atoms. The highest BCUT2D eigenvalue weighted by atomic mass is 28.4. The summed E-state index contributed by atoms with van der Waals surface area (Å²) in [5.74, 6) is 0. The van der Waals surface area contributed by atoms with E-state index in [4.69, 9.17) is 19.0 Å². The lowest BCUT2D eigenvalue weighted by atomic mass is 10.0. The molecule has 0 aromatic heterocycles. The highest BCUT2D eigenvalue weighted by Crippen LogP contribution is 2.39. The Morgan fingerprint density at radius 3 is 2.32 bits per heavy atom. The topological polar surface area (TPSA) is 68.2 Å². The summed E-state index contributed by atoms with van der Waals surface area (Å²) in [6.45, 7) is 10.6. The van der Waals surface area contributed by atoms with Gasteiger partial charge in [0.1, 0.15) is 6.10 Å². The molecular weight excluding hydrogens is 264 g/mol. The second-order valence-electron chi connectivity index (χ2n) is 6.68. The van der Waals surface area contributed by atoms with Crippen LogP contribution in [-0.2, 0) is 13.9 Å². The molecule has 0 unspecified atom stereocenters. The van der Waals surface area contributed by atoms with E-state index in [1.165, 1.54) is 0 Å². The van der Waals surface area contributed by atoms with Crippen molar-refractivity contribution in [2.75, 3.05) is 13.7 Å². The number of hydrogen-bond donors (Lipinski definition) is 2. The molecule has 5 nitrogen and oxygen atoms in total. The van der Waals surface area contributed by atoms with Crippen molar-refractivity contribution in [1.29, 1.82) is 0 Å². The summed E-state index contributed by atoms with van der Waals surface area (Å²) in [5.41, 5.74) is 0. The highest BCUT2D eigenvalue weighted by Gasteiger charge is 2.44. The molecule has 0 saturated carbocycles. The Kier molecular flexibility index (Phi) is 5.57. The molecule has 0 bridgehead atoms. The maximum Gasteiger partial charge on any atom is 0.192 e. The van der Waals surface area contributed by atoms with Gasteiger partial charge in [0.25, 0.3) is 0 Å². The number of hydrogen-bond acceptors (Lipinski definition) is 5. The van der Waals surface area contributed by atoms with Crippen molar-refractivity contribution in [2.24, 2.45) is 0 Å². The Morgan fingerprint density at radius 2 is 1.89 bits per heavy atom. The Bertz CT molecular complexity index is 289. The van der Waals surface area contributed by atoms with Crippen LogP contribution in [0.25, 0.3) is 0 Å². The monoisotopic (exact) mass is 292 g/mol. The third-order valence-electron chi connectivity index (χ3n) is 4.18. The van der Waals surface area contributed by atoms with E-state index in [1.807, 2.05) is 0 Å². The van der Waals surface area contributed by atoms with E-state index in [9.17, 15) is 5.11 Å². The van der Waals surface area contributed by atoms with Crippen LogP contribution < -0.4 is 0 Å². The number of aliphatic hydroxyl groups excluding tert-OH is 2. The van der Waals surface area contributed by atoms with Crippen LogP contribution in [0.4, 0.5) is 0 Å². The SMILES string of the molecule is CO[C@H]1O[C@H](CO)[C@@H](O)C[C@@H]1O[Si](C)(C)C(C)(C)C. The Hall–Kier alpha value is 0.0169. The van der Waals surface area contributed by atoms with Crippen molar-refractivity contribution in [3.8, 4) is 0 Å². The number of methoxy groups -OCH3 is 1. The Balaban J connectivity index is 2.77. The van der Waals surface area contributed by atoms with Crippen LogP contribution in [0.5, 0.6) is 0 Å². The number of aliphatic hydroxyl groups is 2. The molecule has 1 saturated heterocycles. The van der Waals surface area contributed by atoms with E-state index in [0.717, 1.165) is 0 Å². The van der Waals surface area contributed by atoms with Gasteiger partial charge >= 0.3 is 0 Å². The van der Waals surface area contributed by atoms with Gasteiger partial charge < -0.3 is 24.1 Å². The molecule has 0 aromatic rings. The lowest BCUT2D eigenvalue weighted by molar-refractivity contribution is -0.258. The smallest absolute Gasteiger partial charge is 0.192 e. The molecule has 0 aromatic carbocycles. The second-order valence-corrected chi connectivity index (χ2v) is 11.4. The second kappa shape index (κ2) is 6.20. The summed E-state index contributed by atoms with van der Waals surface area (Å²) < 4.78 is 17.1. The van der Waals surface area contributed by atoms with E-state index in [2.05, 4.69) is 33.9 Å². The van der Waals surface area contributed by atoms with Crippen molar-refractivity contribution in [3.63, 3.8) is 0 Å². The zero-order chi connectivity index (χ0) is 14.8. The van der Waals surface area contributed by atoms with E-state index < -0.39 is 26.8 Å². The molecule has 1 heterocycles. The molecule has 1 aliphatic rings. The van der Waals surface area contributed by atoms with E-state index >= 15 is 0 Å². The van der Waals surface area contributed by atoms with Gasteiger partial charge in [-0.3, -0.25) is 0 Å². The average Bonchev–Trinajstić information content (AvgIpc) is 2.27. The van der Waals surface area contributed by atoms with Crippen LogP contribution in [0.2, 0.25) is 18.1 Å². The third kappa shape index (κ3) is 3.99. The summed E-state index contributed by atoms with van der Waals surface area (Å²) >= 11 is 0. The fourth-order valence-corrected chi connectivity index (χ4v) is 3.20. The van der Waals surface area contributed by atoms with Gasteiger partial charge in [0.05, 0.1) is 18.8 Å². The fourth-order valence-electron chi connectivity index (χ4n) is 1.88. The quantitative estimate of drug-likeness (QED) is 0.768. The zero-order valence-electron chi connectivity index (χ0n) is 12.8. The molecule has 0 amide bonds. The lowest BCUT2D eigenvalue weighted by Gasteiger charge is -2.44. The maximum absolute atomic E-state index is 9.95. The molecule has 0 aliphatic carbocycles. The van der Waals surface area contributed by atoms with Crippen molar-refractivity contribution in [3.05, 3.63) is 0 Å². The summed E-state index contributed by atoms with van der Waals surface area (Å²) in [5, 5.41) is 19.2. The molecule has 114 valence electrons. The predicted molar refractivity (Wildman–Crippen MR) is 75.4 cm³/mol. The molecule has 1 rings (SSSR count). The molecule has 1 aliphatic heterocycles. The first kappa shape index (κ1) is 17.1. The molecule has 6 heteroatoms. The standard InChI is InChI=1S/C13H28O5Si/c1-13(2,3)19(5,6)18-10-7-9(15)11(8-14)17-12(10)16-4/h9-12,14-15H,7-8H2,1-6H3/t9-,10-,11+,12-/m0/s1. The first-order chi connectivity index (χ1) is 8.62. The van der Waals surface area contributed by atoms with Gasteiger partial charge in [-0.05, 0) is 18.1 Å². The van der Waals surface area contributed by atoms with Crippen molar-refractivity contribution < 1.29 is 24.1 Å². The fraction of sp³-hybridized carbons (Fsp3) is 1.00. The first-order valence-electron chi connectivity index (χ1n) is 6.77. The molecule has 1 fully saturated rings. The molecule has 0 radical (unpaired) electrons. The van der Waals surface area contributed by atoms with Gasteiger partial charge in [-0.2, -0.15) is 0 Å². The lowest BCUT2D eigenvalue weighted by Crippen LogP contribution is -2.55. The highest BCUT2D eigenvalue weighted by molar-refractivity contribution is 6.74. The van der Waals surface area contributed by atoms with Crippen LogP contribution in [0.1, 0.15) is 27.2 Å². The largest absolute Gasteiger partial charge is 0.409 e. The minimum absolute atomic E-state index is 0.0874. The van der Waals surface area contributed by atoms with Crippen molar-refractivity contribution >= 4 is 8.32 Å². The van der Waals surface area contributed by atoms with Crippen molar-refractivity contribution in [1.82, 2.24) is 0 Å². The molecule has 2 N–H and O–H groups in total. The summed E-state index contributed by atoms with van der Waals surface area (Å²) in [4.78, 5) is 0. The normalized spacial score (nSPS) is 33.5. The van der Waals surface area contributed by atoms with Crippen LogP contribution in [0.3, 0.4) is 0 Å². The average molecular weight is 292 g/mol. The van der Waals surface area contributed by atoms with Gasteiger partial charge in [-0.25, -0.2) is 0 Å². The number of ether oxygens (including phenoxy) is 2. The molecular formula is C13H28O5Si. The van der Waals surface area contributed by atoms with Crippen LogP contribution in [0, 0.1) is 0 Å². The van der Waals surface area contributed by atoms with Crippen LogP contribution >= 0.6 is 0 Å². The van der Waals surface area contributed by atoms with E-state index in [0.29, 0.717) is 6.42 Å².